The SMILES string of the molecule is C1CN2CCN1CC2.COc1ccc2ccc(O)c(C(=Nc3ccccc3)c3ccc(Cl)cc3)c2c1.COc1ccc2ccc(O)c(C(=Nc3ccccc3)c3ccc(Cl)cc3)c2c1. The number of phenolic OH excluding ortho intramolecular Hbond substituents is 2. The molecule has 8 nitrogen and oxygen atoms in total. The average Bonchev–Trinajstić information content (AvgIpc) is 3.35. The van der Waals surface area contributed by atoms with Gasteiger partial charge in [0.2, 0.25) is 0 Å². The van der Waals surface area contributed by atoms with Crippen LogP contribution in [0.2, 0.25) is 10.0 Å². The van der Waals surface area contributed by atoms with E-state index >= 15 is 0 Å². The second kappa shape index (κ2) is 20.7. The predicted octanol–water partition coefficient (Wildman–Crippen LogP) is 12.4. The Hall–Kier alpha value is -6.68. The highest BCUT2D eigenvalue weighted by Gasteiger charge is 2.22. The van der Waals surface area contributed by atoms with Crippen molar-refractivity contribution in [1.29, 1.82) is 0 Å². The molecule has 8 aromatic carbocycles. The van der Waals surface area contributed by atoms with Crippen LogP contribution in [-0.4, -0.2) is 84.9 Å². The third-order valence-corrected chi connectivity index (χ3v) is 11.8. The van der Waals surface area contributed by atoms with Crippen LogP contribution in [-0.2, 0) is 0 Å². The van der Waals surface area contributed by atoms with Crippen molar-refractivity contribution in [2.45, 2.75) is 0 Å². The van der Waals surface area contributed by atoms with Gasteiger partial charge in [-0.3, -0.25) is 9.80 Å². The van der Waals surface area contributed by atoms with Gasteiger partial charge in [-0.1, -0.05) is 108 Å². The van der Waals surface area contributed by atoms with Gasteiger partial charge in [0.15, 0.2) is 0 Å². The van der Waals surface area contributed by atoms with Gasteiger partial charge in [0.1, 0.15) is 23.0 Å². The summed E-state index contributed by atoms with van der Waals surface area (Å²) in [4.78, 5) is 14.8. The van der Waals surface area contributed by atoms with Crippen LogP contribution in [0.15, 0.2) is 180 Å². The molecule has 3 saturated heterocycles. The van der Waals surface area contributed by atoms with Crippen molar-refractivity contribution in [3.63, 3.8) is 0 Å². The number of rotatable bonds is 8. The van der Waals surface area contributed by atoms with Crippen molar-refractivity contribution in [2.75, 3.05) is 53.5 Å². The van der Waals surface area contributed by atoms with E-state index in [4.69, 9.17) is 42.7 Å². The van der Waals surface area contributed by atoms with Gasteiger partial charge in [-0.15, -0.1) is 0 Å². The molecule has 0 aliphatic carbocycles. The zero-order valence-electron chi connectivity index (χ0n) is 35.7. The van der Waals surface area contributed by atoms with Crippen molar-refractivity contribution < 1.29 is 19.7 Å². The van der Waals surface area contributed by atoms with E-state index in [0.29, 0.717) is 32.6 Å². The highest BCUT2D eigenvalue weighted by Crippen LogP contribution is 2.35. The molecule has 0 radical (unpaired) electrons. The topological polar surface area (TPSA) is 90.1 Å². The average molecular weight is 888 g/mol. The molecule has 10 heteroatoms. The van der Waals surface area contributed by atoms with E-state index in [-0.39, 0.29) is 11.5 Å². The molecule has 64 heavy (non-hydrogen) atoms. The van der Waals surface area contributed by atoms with E-state index in [1.165, 1.54) is 39.3 Å². The minimum absolute atomic E-state index is 0.158. The van der Waals surface area contributed by atoms with Gasteiger partial charge in [0.05, 0.1) is 48.1 Å². The van der Waals surface area contributed by atoms with Crippen molar-refractivity contribution in [3.8, 4) is 23.0 Å². The number of nitrogens with zero attached hydrogens (tertiary/aromatic N) is 4. The summed E-state index contributed by atoms with van der Waals surface area (Å²) >= 11 is 12.2. The van der Waals surface area contributed by atoms with Crippen LogP contribution in [0.1, 0.15) is 22.3 Å². The molecule has 3 aliphatic rings. The Balaban J connectivity index is 0.000000149. The number of fused-ring (bicyclic) bond motifs is 5. The van der Waals surface area contributed by atoms with Crippen molar-refractivity contribution >= 4 is 67.5 Å². The van der Waals surface area contributed by atoms with Gasteiger partial charge in [-0.2, -0.15) is 0 Å². The summed E-state index contributed by atoms with van der Waals surface area (Å²) in [7, 11) is 3.25. The summed E-state index contributed by atoms with van der Waals surface area (Å²) in [5.41, 5.74) is 5.96. The highest BCUT2D eigenvalue weighted by atomic mass is 35.5. The summed E-state index contributed by atoms with van der Waals surface area (Å²) in [5.74, 6) is 1.75. The van der Waals surface area contributed by atoms with Gasteiger partial charge >= 0.3 is 0 Å². The van der Waals surface area contributed by atoms with Crippen LogP contribution in [0.3, 0.4) is 0 Å². The first-order chi connectivity index (χ1) is 31.3. The summed E-state index contributed by atoms with van der Waals surface area (Å²) in [6.07, 6.45) is 0. The fraction of sp³-hybridized carbons (Fsp3) is 0.148. The molecule has 0 unspecified atom stereocenters. The van der Waals surface area contributed by atoms with Crippen molar-refractivity contribution in [3.05, 3.63) is 202 Å². The molecule has 2 N–H and O–H groups in total. The number of halogens is 2. The number of hydrogen-bond donors (Lipinski definition) is 2. The second-order valence-electron chi connectivity index (χ2n) is 15.4. The molecule has 0 amide bonds. The van der Waals surface area contributed by atoms with Gasteiger partial charge in [-0.25, -0.2) is 9.98 Å². The minimum Gasteiger partial charge on any atom is -0.507 e. The molecule has 0 aromatic heterocycles. The van der Waals surface area contributed by atoms with E-state index in [0.717, 1.165) is 55.5 Å². The molecule has 3 fully saturated rings. The van der Waals surface area contributed by atoms with Crippen molar-refractivity contribution in [2.24, 2.45) is 9.98 Å². The lowest BCUT2D eigenvalue weighted by atomic mass is 9.95. The summed E-state index contributed by atoms with van der Waals surface area (Å²) in [6, 6.07) is 53.0. The number of aromatic hydroxyl groups is 2. The fourth-order valence-corrected chi connectivity index (χ4v) is 8.11. The minimum atomic E-state index is 0.158. The van der Waals surface area contributed by atoms with Gasteiger partial charge in [-0.05, 0) is 106 Å². The molecule has 322 valence electrons. The Morgan fingerprint density at radius 1 is 0.453 bits per heavy atom. The third-order valence-electron chi connectivity index (χ3n) is 11.3. The molecule has 0 atom stereocenters. The second-order valence-corrected chi connectivity index (χ2v) is 16.3. The Kier molecular flexibility index (Phi) is 14.2. The number of piperazine rings is 3. The zero-order valence-corrected chi connectivity index (χ0v) is 37.2. The zero-order chi connectivity index (χ0) is 44.4. The van der Waals surface area contributed by atoms with Crippen LogP contribution in [0.4, 0.5) is 11.4 Å². The molecular weight excluding hydrogens is 840 g/mol. The lowest BCUT2D eigenvalue weighted by Gasteiger charge is -2.41. The van der Waals surface area contributed by atoms with Crippen LogP contribution < -0.4 is 9.47 Å². The Labute approximate surface area is 383 Å². The van der Waals surface area contributed by atoms with Crippen LogP contribution in [0.5, 0.6) is 23.0 Å². The molecule has 3 heterocycles. The third kappa shape index (κ3) is 10.6. The standard InChI is InChI=1S/2C24H18ClNO2.C6H12N2/c2*1-28-20-13-9-16-10-14-22(27)23(21(16)15-20)24(17-7-11-18(25)12-8-17)26-19-5-3-2-4-6-19;1-2-8-5-3-7(1)4-6-8/h2*2-15,27H,1H3;1-6H2. The lowest BCUT2D eigenvalue weighted by molar-refractivity contribution is 0.0647. The number of aliphatic imine (C=N–C) groups is 2. The molecule has 8 aromatic rings. The van der Waals surface area contributed by atoms with Gasteiger partial charge in [0, 0.05) is 60.4 Å². The maximum Gasteiger partial charge on any atom is 0.125 e. The summed E-state index contributed by atoms with van der Waals surface area (Å²) in [5, 5.41) is 26.6. The maximum atomic E-state index is 10.8. The van der Waals surface area contributed by atoms with Gasteiger partial charge < -0.3 is 19.7 Å². The highest BCUT2D eigenvalue weighted by molar-refractivity contribution is 6.31. The number of methoxy groups -OCH3 is 2. The number of para-hydroxylation sites is 2. The Morgan fingerprint density at radius 3 is 1.12 bits per heavy atom. The smallest absolute Gasteiger partial charge is 0.125 e. The monoisotopic (exact) mass is 886 g/mol. The van der Waals surface area contributed by atoms with Crippen LogP contribution >= 0.6 is 23.2 Å². The van der Waals surface area contributed by atoms with Crippen molar-refractivity contribution in [1.82, 2.24) is 9.80 Å². The molecule has 3 aliphatic heterocycles. The number of benzene rings is 8. The molecule has 0 spiro atoms. The Bertz CT molecular complexity index is 2690. The summed E-state index contributed by atoms with van der Waals surface area (Å²) < 4.78 is 10.8. The Morgan fingerprint density at radius 2 is 0.797 bits per heavy atom. The fourth-order valence-electron chi connectivity index (χ4n) is 7.85. The van der Waals surface area contributed by atoms with Gasteiger partial charge in [0.25, 0.3) is 0 Å². The van der Waals surface area contributed by atoms with E-state index < -0.39 is 0 Å². The summed E-state index contributed by atoms with van der Waals surface area (Å²) in [6.45, 7) is 7.92. The van der Waals surface area contributed by atoms with E-state index in [2.05, 4.69) is 9.80 Å². The molecule has 2 bridgehead atoms. The number of phenols is 2. The first-order valence-corrected chi connectivity index (χ1v) is 21.9. The first kappa shape index (κ1) is 43.9. The van der Waals surface area contributed by atoms with E-state index in [9.17, 15) is 10.2 Å². The lowest BCUT2D eigenvalue weighted by Crippen LogP contribution is -2.55. The number of ether oxygens (including phenoxy) is 2. The first-order valence-electron chi connectivity index (χ1n) is 21.1. The largest absolute Gasteiger partial charge is 0.507 e. The quantitative estimate of drug-likeness (QED) is 0.148. The predicted molar refractivity (Wildman–Crippen MR) is 264 cm³/mol. The maximum absolute atomic E-state index is 10.8. The van der Waals surface area contributed by atoms with E-state index in [1.54, 1.807) is 26.4 Å². The van der Waals surface area contributed by atoms with Crippen LogP contribution in [0, 0.1) is 0 Å². The molecular formula is C54H48Cl2N4O4. The van der Waals surface area contributed by atoms with Crippen LogP contribution in [0.25, 0.3) is 21.5 Å². The molecule has 11 rings (SSSR count). The molecule has 0 saturated carbocycles. The van der Waals surface area contributed by atoms with E-state index in [1.807, 2.05) is 158 Å². The number of hydrogen-bond acceptors (Lipinski definition) is 8. The normalized spacial score (nSPS) is 15.8.